The highest BCUT2D eigenvalue weighted by Crippen LogP contribution is 2.33. The third-order valence-electron chi connectivity index (χ3n) is 4.49. The molecule has 0 bridgehead atoms. The Balaban J connectivity index is 1.82. The summed E-state index contributed by atoms with van der Waals surface area (Å²) >= 11 is 0. The quantitative estimate of drug-likeness (QED) is 0.851. The lowest BCUT2D eigenvalue weighted by Gasteiger charge is -2.24. The summed E-state index contributed by atoms with van der Waals surface area (Å²) in [7, 11) is 0. The van der Waals surface area contributed by atoms with E-state index in [0.29, 0.717) is 18.4 Å². The molecule has 0 atom stereocenters. The van der Waals surface area contributed by atoms with Crippen molar-refractivity contribution in [2.45, 2.75) is 50.6 Å². The van der Waals surface area contributed by atoms with Crippen molar-refractivity contribution in [3.05, 3.63) is 35.6 Å². The van der Waals surface area contributed by atoms with Crippen molar-refractivity contribution in [1.29, 1.82) is 0 Å². The lowest BCUT2D eigenvalue weighted by Crippen LogP contribution is -2.46. The van der Waals surface area contributed by atoms with Gasteiger partial charge in [0, 0.05) is 5.56 Å². The largest absolute Gasteiger partial charge is 0.325 e. The molecule has 3 amide bonds. The summed E-state index contributed by atoms with van der Waals surface area (Å²) in [5.74, 6) is -0.586. The van der Waals surface area contributed by atoms with Crippen molar-refractivity contribution in [3.8, 4) is 0 Å². The van der Waals surface area contributed by atoms with Gasteiger partial charge < -0.3 is 5.32 Å². The van der Waals surface area contributed by atoms with E-state index in [0.717, 1.165) is 30.6 Å². The van der Waals surface area contributed by atoms with Gasteiger partial charge in [-0.3, -0.25) is 9.69 Å². The van der Waals surface area contributed by atoms with Crippen LogP contribution >= 0.6 is 0 Å². The Hall–Kier alpha value is -1.91. The molecule has 2 aliphatic rings. The first kappa shape index (κ1) is 14.0. The minimum absolute atomic E-state index is 0.000903. The number of nitrogens with zero attached hydrogens (tertiary/aromatic N) is 1. The fourth-order valence-electron chi connectivity index (χ4n) is 3.29. The van der Waals surface area contributed by atoms with E-state index < -0.39 is 11.6 Å². The first-order chi connectivity index (χ1) is 10.1. The molecule has 1 aliphatic heterocycles. The molecule has 0 radical (unpaired) electrons. The van der Waals surface area contributed by atoms with Gasteiger partial charge in [-0.1, -0.05) is 43.9 Å². The van der Waals surface area contributed by atoms with Crippen molar-refractivity contribution in [3.63, 3.8) is 0 Å². The maximum absolute atomic E-state index is 13.7. The normalized spacial score (nSPS) is 21.5. The SMILES string of the molecule is O=C1NC2(CCCCCC2)C(=O)N1Cc1ccccc1F. The number of carbonyl (C=O) groups excluding carboxylic acids is 2. The van der Waals surface area contributed by atoms with Crippen LogP contribution < -0.4 is 5.32 Å². The molecule has 1 aromatic rings. The number of imide groups is 1. The van der Waals surface area contributed by atoms with Crippen LogP contribution in [-0.2, 0) is 11.3 Å². The van der Waals surface area contributed by atoms with Crippen LogP contribution in [-0.4, -0.2) is 22.4 Å². The van der Waals surface area contributed by atoms with E-state index in [2.05, 4.69) is 5.32 Å². The summed E-state index contributed by atoms with van der Waals surface area (Å²) in [6.45, 7) is -0.000903. The average molecular weight is 290 g/mol. The monoisotopic (exact) mass is 290 g/mol. The lowest BCUT2D eigenvalue weighted by molar-refractivity contribution is -0.132. The van der Waals surface area contributed by atoms with Crippen LogP contribution in [0.5, 0.6) is 0 Å². The Morgan fingerprint density at radius 1 is 1.10 bits per heavy atom. The van der Waals surface area contributed by atoms with Gasteiger partial charge in [-0.25, -0.2) is 9.18 Å². The van der Waals surface area contributed by atoms with Gasteiger partial charge in [-0.15, -0.1) is 0 Å². The molecule has 2 fully saturated rings. The summed E-state index contributed by atoms with van der Waals surface area (Å²) in [4.78, 5) is 26.0. The van der Waals surface area contributed by atoms with E-state index >= 15 is 0 Å². The van der Waals surface area contributed by atoms with Gasteiger partial charge in [0.05, 0.1) is 6.54 Å². The molecule has 1 aromatic carbocycles. The van der Waals surface area contributed by atoms with Crippen molar-refractivity contribution in [2.75, 3.05) is 0 Å². The maximum Gasteiger partial charge on any atom is 0.325 e. The lowest BCUT2D eigenvalue weighted by atomic mass is 9.90. The third-order valence-corrected chi connectivity index (χ3v) is 4.49. The Morgan fingerprint density at radius 2 is 1.76 bits per heavy atom. The molecule has 112 valence electrons. The second-order valence-electron chi connectivity index (χ2n) is 5.91. The maximum atomic E-state index is 13.7. The number of benzene rings is 1. The van der Waals surface area contributed by atoms with Crippen LogP contribution in [0.4, 0.5) is 9.18 Å². The zero-order chi connectivity index (χ0) is 14.9. The molecule has 1 N–H and O–H groups in total. The number of nitrogens with one attached hydrogen (secondary N) is 1. The summed E-state index contributed by atoms with van der Waals surface area (Å²) in [5, 5.41) is 2.86. The summed E-state index contributed by atoms with van der Waals surface area (Å²) in [6, 6.07) is 5.85. The van der Waals surface area contributed by atoms with E-state index in [4.69, 9.17) is 0 Å². The molecule has 4 nitrogen and oxygen atoms in total. The van der Waals surface area contributed by atoms with Crippen molar-refractivity contribution < 1.29 is 14.0 Å². The summed E-state index contributed by atoms with van der Waals surface area (Å²) in [6.07, 6.45) is 5.45. The van der Waals surface area contributed by atoms with Crippen LogP contribution in [0.3, 0.4) is 0 Å². The number of carbonyl (C=O) groups is 2. The molecule has 5 heteroatoms. The number of hydrogen-bond donors (Lipinski definition) is 1. The Labute approximate surface area is 123 Å². The molecular formula is C16H19FN2O2. The van der Waals surface area contributed by atoms with Crippen LogP contribution in [0.2, 0.25) is 0 Å². The second kappa shape index (κ2) is 5.47. The molecule has 3 rings (SSSR count). The van der Waals surface area contributed by atoms with Gasteiger partial charge in [-0.05, 0) is 18.9 Å². The number of hydrogen-bond acceptors (Lipinski definition) is 2. The molecule has 21 heavy (non-hydrogen) atoms. The first-order valence-electron chi connectivity index (χ1n) is 7.50. The topological polar surface area (TPSA) is 49.4 Å². The van der Waals surface area contributed by atoms with E-state index in [-0.39, 0.29) is 18.3 Å². The molecule has 1 spiro atoms. The van der Waals surface area contributed by atoms with Crippen LogP contribution in [0.25, 0.3) is 0 Å². The molecular weight excluding hydrogens is 271 g/mol. The van der Waals surface area contributed by atoms with Gasteiger partial charge in [0.25, 0.3) is 5.91 Å². The number of urea groups is 1. The fourth-order valence-corrected chi connectivity index (χ4v) is 3.29. The third kappa shape index (κ3) is 2.52. The predicted molar refractivity (Wildman–Crippen MR) is 75.9 cm³/mol. The van der Waals surface area contributed by atoms with Crippen molar-refractivity contribution in [2.24, 2.45) is 0 Å². The smallest absolute Gasteiger partial charge is 0.323 e. The Kier molecular flexibility index (Phi) is 3.66. The summed E-state index contributed by atoms with van der Waals surface area (Å²) in [5.41, 5.74) is -0.384. The molecule has 1 saturated carbocycles. The summed E-state index contributed by atoms with van der Waals surface area (Å²) < 4.78 is 13.7. The standard InChI is InChI=1S/C16H19FN2O2/c17-13-8-4-3-7-12(13)11-19-14(20)16(18-15(19)21)9-5-1-2-6-10-16/h3-4,7-8H,1-2,5-6,9-11H2,(H,18,21). The Bertz CT molecular complexity index is 565. The van der Waals surface area contributed by atoms with E-state index in [1.807, 2.05) is 0 Å². The van der Waals surface area contributed by atoms with Crippen molar-refractivity contribution >= 4 is 11.9 Å². The van der Waals surface area contributed by atoms with Crippen molar-refractivity contribution in [1.82, 2.24) is 10.2 Å². The van der Waals surface area contributed by atoms with Gasteiger partial charge in [0.1, 0.15) is 11.4 Å². The fraction of sp³-hybridized carbons (Fsp3) is 0.500. The highest BCUT2D eigenvalue weighted by atomic mass is 19.1. The van der Waals surface area contributed by atoms with Crippen LogP contribution in [0.1, 0.15) is 44.1 Å². The first-order valence-corrected chi connectivity index (χ1v) is 7.50. The number of halogens is 1. The van der Waals surface area contributed by atoms with E-state index in [1.54, 1.807) is 18.2 Å². The van der Waals surface area contributed by atoms with E-state index in [1.165, 1.54) is 6.07 Å². The van der Waals surface area contributed by atoms with Gasteiger partial charge in [0.2, 0.25) is 0 Å². The predicted octanol–water partition coefficient (Wildman–Crippen LogP) is 2.97. The zero-order valence-electron chi connectivity index (χ0n) is 11.9. The van der Waals surface area contributed by atoms with Crippen LogP contribution in [0.15, 0.2) is 24.3 Å². The van der Waals surface area contributed by atoms with E-state index in [9.17, 15) is 14.0 Å². The minimum Gasteiger partial charge on any atom is -0.323 e. The number of amides is 3. The molecule has 0 unspecified atom stereocenters. The molecule has 1 aliphatic carbocycles. The van der Waals surface area contributed by atoms with Gasteiger partial charge in [0.15, 0.2) is 0 Å². The minimum atomic E-state index is -0.751. The zero-order valence-corrected chi connectivity index (χ0v) is 11.9. The van der Waals surface area contributed by atoms with Gasteiger partial charge >= 0.3 is 6.03 Å². The van der Waals surface area contributed by atoms with Crippen LogP contribution in [0, 0.1) is 5.82 Å². The second-order valence-corrected chi connectivity index (χ2v) is 5.91. The molecule has 0 aromatic heterocycles. The molecule has 1 saturated heterocycles. The Morgan fingerprint density at radius 3 is 2.43 bits per heavy atom. The molecule has 1 heterocycles. The number of rotatable bonds is 2. The van der Waals surface area contributed by atoms with Gasteiger partial charge in [-0.2, -0.15) is 0 Å². The highest BCUT2D eigenvalue weighted by Gasteiger charge is 2.50. The average Bonchev–Trinajstić information content (AvgIpc) is 2.64. The highest BCUT2D eigenvalue weighted by molar-refractivity contribution is 6.07.